The van der Waals surface area contributed by atoms with Crippen LogP contribution in [-0.2, 0) is 0 Å². The average molecular weight is 287 g/mol. The number of alkyl halides is 2. The van der Waals surface area contributed by atoms with Crippen LogP contribution in [0.15, 0.2) is 24.3 Å². The fraction of sp³-hybridized carbons (Fsp3) is 0.600. The molecule has 0 saturated carbocycles. The smallest absolute Gasteiger partial charge is 0.387 e. The number of hydrogen-bond acceptors (Lipinski definition) is 3. The second-order valence-corrected chi connectivity index (χ2v) is 5.06. The highest BCUT2D eigenvalue weighted by atomic mass is 19.3. The lowest BCUT2D eigenvalue weighted by Crippen LogP contribution is -2.20. The zero-order chi connectivity index (χ0) is 15.0. The van der Waals surface area contributed by atoms with Crippen LogP contribution in [0.4, 0.5) is 8.78 Å². The summed E-state index contributed by atoms with van der Waals surface area (Å²) >= 11 is 0. The predicted molar refractivity (Wildman–Crippen MR) is 75.0 cm³/mol. The lowest BCUT2D eigenvalue weighted by Gasteiger charge is -2.16. The Labute approximate surface area is 119 Å². The molecule has 0 saturated heterocycles. The van der Waals surface area contributed by atoms with Crippen LogP contribution in [0.25, 0.3) is 0 Å². The number of aliphatic hydroxyl groups is 1. The van der Waals surface area contributed by atoms with E-state index in [1.807, 2.05) is 19.9 Å². The van der Waals surface area contributed by atoms with Gasteiger partial charge in [0.15, 0.2) is 0 Å². The van der Waals surface area contributed by atoms with Gasteiger partial charge in [0.25, 0.3) is 0 Å². The topological polar surface area (TPSA) is 41.5 Å². The molecule has 2 atom stereocenters. The van der Waals surface area contributed by atoms with E-state index in [1.165, 1.54) is 6.07 Å². The Balaban J connectivity index is 2.40. The SMILES string of the molecule is CC(CO)CCCNC(C)c1cccc(OC(F)F)c1. The van der Waals surface area contributed by atoms with E-state index in [2.05, 4.69) is 10.1 Å². The number of benzene rings is 1. The van der Waals surface area contributed by atoms with Crippen molar-refractivity contribution in [3.05, 3.63) is 29.8 Å². The minimum absolute atomic E-state index is 0.0701. The number of rotatable bonds is 9. The molecule has 0 aliphatic heterocycles. The first-order chi connectivity index (χ1) is 9.52. The van der Waals surface area contributed by atoms with Gasteiger partial charge in [-0.15, -0.1) is 0 Å². The molecule has 0 fully saturated rings. The molecule has 2 unspecified atom stereocenters. The lowest BCUT2D eigenvalue weighted by atomic mass is 10.1. The highest BCUT2D eigenvalue weighted by Gasteiger charge is 2.09. The third kappa shape index (κ3) is 6.30. The van der Waals surface area contributed by atoms with E-state index in [-0.39, 0.29) is 18.4 Å². The maximum Gasteiger partial charge on any atom is 0.387 e. The minimum Gasteiger partial charge on any atom is -0.435 e. The number of halogens is 2. The molecular weight excluding hydrogens is 264 g/mol. The number of hydrogen-bond donors (Lipinski definition) is 2. The first kappa shape index (κ1) is 16.9. The van der Waals surface area contributed by atoms with Crippen molar-refractivity contribution in [3.8, 4) is 5.75 Å². The second-order valence-electron chi connectivity index (χ2n) is 5.06. The van der Waals surface area contributed by atoms with E-state index >= 15 is 0 Å². The summed E-state index contributed by atoms with van der Waals surface area (Å²) in [7, 11) is 0. The first-order valence-corrected chi connectivity index (χ1v) is 6.92. The van der Waals surface area contributed by atoms with Crippen molar-refractivity contribution < 1.29 is 18.6 Å². The summed E-state index contributed by atoms with van der Waals surface area (Å²) in [5.74, 6) is 0.495. The first-order valence-electron chi connectivity index (χ1n) is 6.92. The monoisotopic (exact) mass is 287 g/mol. The van der Waals surface area contributed by atoms with Crippen molar-refractivity contribution in [2.75, 3.05) is 13.2 Å². The third-order valence-corrected chi connectivity index (χ3v) is 3.22. The predicted octanol–water partition coefficient (Wildman–Crippen LogP) is 3.35. The molecular formula is C15H23F2NO2. The molecule has 114 valence electrons. The number of aliphatic hydroxyl groups excluding tert-OH is 1. The standard InChI is InChI=1S/C15H23F2NO2/c1-11(10-19)5-4-8-18-12(2)13-6-3-7-14(9-13)20-15(16)17/h3,6-7,9,11-12,15,18-19H,4-5,8,10H2,1-2H3. The van der Waals surface area contributed by atoms with Crippen molar-refractivity contribution in [2.45, 2.75) is 39.3 Å². The normalized spacial score (nSPS) is 14.3. The van der Waals surface area contributed by atoms with E-state index in [1.54, 1.807) is 12.1 Å². The Bertz CT molecular complexity index is 388. The molecule has 0 aliphatic rings. The van der Waals surface area contributed by atoms with Gasteiger partial charge in [-0.05, 0) is 49.9 Å². The van der Waals surface area contributed by atoms with Gasteiger partial charge in [0, 0.05) is 12.6 Å². The molecule has 0 bridgehead atoms. The van der Waals surface area contributed by atoms with Gasteiger partial charge in [-0.25, -0.2) is 0 Å². The van der Waals surface area contributed by atoms with Gasteiger partial charge in [-0.2, -0.15) is 8.78 Å². The third-order valence-electron chi connectivity index (χ3n) is 3.22. The largest absolute Gasteiger partial charge is 0.435 e. The lowest BCUT2D eigenvalue weighted by molar-refractivity contribution is -0.0499. The summed E-state index contributed by atoms with van der Waals surface area (Å²) in [6.07, 6.45) is 1.93. The summed E-state index contributed by atoms with van der Waals surface area (Å²) in [5, 5.41) is 12.3. The molecule has 1 aromatic rings. The molecule has 3 nitrogen and oxygen atoms in total. The zero-order valence-electron chi connectivity index (χ0n) is 12.0. The quantitative estimate of drug-likeness (QED) is 0.684. The van der Waals surface area contributed by atoms with Gasteiger partial charge < -0.3 is 15.2 Å². The molecule has 1 aromatic carbocycles. The van der Waals surface area contributed by atoms with Crippen molar-refractivity contribution in [3.63, 3.8) is 0 Å². The van der Waals surface area contributed by atoms with Crippen LogP contribution in [0.5, 0.6) is 5.75 Å². The molecule has 0 radical (unpaired) electrons. The van der Waals surface area contributed by atoms with E-state index < -0.39 is 6.61 Å². The van der Waals surface area contributed by atoms with Gasteiger partial charge in [-0.3, -0.25) is 0 Å². The molecule has 1 rings (SSSR count). The van der Waals surface area contributed by atoms with Crippen LogP contribution in [-0.4, -0.2) is 24.9 Å². The van der Waals surface area contributed by atoms with Crippen LogP contribution < -0.4 is 10.1 Å². The molecule has 0 heterocycles. The number of ether oxygens (including phenoxy) is 1. The van der Waals surface area contributed by atoms with Crippen molar-refractivity contribution in [2.24, 2.45) is 5.92 Å². The molecule has 0 aliphatic carbocycles. The Morgan fingerprint density at radius 2 is 2.05 bits per heavy atom. The van der Waals surface area contributed by atoms with Crippen LogP contribution in [0.2, 0.25) is 0 Å². The van der Waals surface area contributed by atoms with E-state index in [0.29, 0.717) is 5.92 Å². The highest BCUT2D eigenvalue weighted by molar-refractivity contribution is 5.30. The Morgan fingerprint density at radius 3 is 2.70 bits per heavy atom. The molecule has 0 spiro atoms. The molecule has 0 amide bonds. The fourth-order valence-electron chi connectivity index (χ4n) is 1.94. The maximum atomic E-state index is 12.2. The summed E-state index contributed by atoms with van der Waals surface area (Å²) < 4.78 is 28.7. The Hall–Kier alpha value is -1.20. The minimum atomic E-state index is -2.80. The van der Waals surface area contributed by atoms with Crippen molar-refractivity contribution in [1.29, 1.82) is 0 Å². The fourth-order valence-corrected chi connectivity index (χ4v) is 1.94. The maximum absolute atomic E-state index is 12.2. The Morgan fingerprint density at radius 1 is 1.30 bits per heavy atom. The van der Waals surface area contributed by atoms with Gasteiger partial charge in [0.05, 0.1) is 0 Å². The molecule has 0 aromatic heterocycles. The van der Waals surface area contributed by atoms with Crippen LogP contribution in [0.3, 0.4) is 0 Å². The van der Waals surface area contributed by atoms with E-state index in [9.17, 15) is 8.78 Å². The van der Waals surface area contributed by atoms with Crippen LogP contribution >= 0.6 is 0 Å². The highest BCUT2D eigenvalue weighted by Crippen LogP contribution is 2.20. The summed E-state index contributed by atoms with van der Waals surface area (Å²) in [5.41, 5.74) is 0.915. The van der Waals surface area contributed by atoms with Gasteiger partial charge in [0.1, 0.15) is 5.75 Å². The Kier molecular flexibility index (Phi) is 7.47. The molecule has 2 N–H and O–H groups in total. The average Bonchev–Trinajstić information content (AvgIpc) is 2.42. The van der Waals surface area contributed by atoms with Crippen molar-refractivity contribution >= 4 is 0 Å². The molecule has 20 heavy (non-hydrogen) atoms. The summed E-state index contributed by atoms with van der Waals surface area (Å²) in [6, 6.07) is 6.80. The van der Waals surface area contributed by atoms with Gasteiger partial charge in [-0.1, -0.05) is 19.1 Å². The van der Waals surface area contributed by atoms with Gasteiger partial charge >= 0.3 is 6.61 Å². The summed E-state index contributed by atoms with van der Waals surface area (Å²) in [4.78, 5) is 0. The van der Waals surface area contributed by atoms with Gasteiger partial charge in [0.2, 0.25) is 0 Å². The second kappa shape index (κ2) is 8.87. The van der Waals surface area contributed by atoms with Crippen LogP contribution in [0, 0.1) is 5.92 Å². The number of nitrogens with one attached hydrogen (secondary N) is 1. The zero-order valence-corrected chi connectivity index (χ0v) is 12.0. The summed E-state index contributed by atoms with van der Waals surface area (Å²) in [6.45, 7) is 2.23. The van der Waals surface area contributed by atoms with E-state index in [0.717, 1.165) is 24.9 Å². The van der Waals surface area contributed by atoms with Crippen molar-refractivity contribution in [1.82, 2.24) is 5.32 Å². The van der Waals surface area contributed by atoms with Crippen LogP contribution in [0.1, 0.15) is 38.3 Å². The molecule has 5 heteroatoms. The van der Waals surface area contributed by atoms with E-state index in [4.69, 9.17) is 5.11 Å².